The van der Waals surface area contributed by atoms with Crippen LogP contribution in [0, 0.1) is 6.92 Å². The maximum atomic E-state index is 9.11. The van der Waals surface area contributed by atoms with Gasteiger partial charge in [-0.15, -0.1) is 0 Å². The van der Waals surface area contributed by atoms with E-state index in [2.05, 4.69) is 12.7 Å². The first-order valence-electron chi connectivity index (χ1n) is 1.09. The molecule has 0 aromatic carbocycles. The van der Waals surface area contributed by atoms with Gasteiger partial charge in [0.2, 0.25) is 0 Å². The molecule has 0 aromatic rings. The van der Waals surface area contributed by atoms with Gasteiger partial charge < -0.3 is 50.3 Å². The molecule has 0 aliphatic rings. The topological polar surface area (TPSA) is 232 Å². The fourth-order valence-corrected chi connectivity index (χ4v) is 0. The van der Waals surface area contributed by atoms with Crippen molar-refractivity contribution in [3.63, 3.8) is 0 Å². The van der Waals surface area contributed by atoms with Crippen LogP contribution in [0.15, 0.2) is 0 Å². The Labute approximate surface area is 89.6 Å². The van der Waals surface area contributed by atoms with E-state index in [-0.39, 0.29) is 32.9 Å². The Bertz CT molecular complexity index is 55.8. The molecule has 8 nitrogen and oxygen atoms in total. The first-order chi connectivity index (χ1) is 3.15. The molecule has 0 saturated carbocycles. The Morgan fingerprint density at radius 2 is 1.00 bits per heavy atom. The zero-order chi connectivity index (χ0) is 6.28. The number of hydrogen-bond acceptors (Lipinski definition) is 1. The van der Waals surface area contributed by atoms with Gasteiger partial charge in [0.25, 0.3) is 0 Å². The summed E-state index contributed by atoms with van der Waals surface area (Å²) in [4.78, 5) is 9.11. The van der Waals surface area contributed by atoms with E-state index in [4.69, 9.17) is 25.2 Å². The van der Waals surface area contributed by atoms with Crippen molar-refractivity contribution in [2.45, 2.75) is 0 Å². The van der Waals surface area contributed by atoms with Gasteiger partial charge in [0.05, 0.1) is 5.91 Å². The second-order valence-corrected chi connectivity index (χ2v) is 2.14. The number of halogens is 2. The summed E-state index contributed by atoms with van der Waals surface area (Å²) in [5.74, 6) is -0.583. The number of carbonyl (C=O) groups is 1. The zero-order valence-electron chi connectivity index (χ0n) is 6.26. The SMILES string of the molecule is O.O.O.O.O.O.[CH2-]C(N)=O.[Cl][Ni+][Cl]. The number of amides is 1. The van der Waals surface area contributed by atoms with Crippen LogP contribution in [0.3, 0.4) is 0 Å². The van der Waals surface area contributed by atoms with Gasteiger partial charge >= 0.3 is 33.0 Å². The summed E-state index contributed by atoms with van der Waals surface area (Å²) in [5, 5.41) is 0. The zero-order valence-corrected chi connectivity index (χ0v) is 8.76. The molecule has 0 radical (unpaired) electrons. The van der Waals surface area contributed by atoms with Gasteiger partial charge in [-0.2, -0.15) is 0 Å². The monoisotopic (exact) mass is 294 g/mol. The van der Waals surface area contributed by atoms with E-state index in [9.17, 15) is 0 Å². The summed E-state index contributed by atoms with van der Waals surface area (Å²) in [6.45, 7) is 2.78. The van der Waals surface area contributed by atoms with Crippen LogP contribution in [0.25, 0.3) is 0 Å². The van der Waals surface area contributed by atoms with Crippen LogP contribution in [-0.2, 0) is 17.4 Å². The fourth-order valence-electron chi connectivity index (χ4n) is 0. The summed E-state index contributed by atoms with van der Waals surface area (Å²) in [7, 11) is 9.40. The Balaban J connectivity index is -0.00000000444. The van der Waals surface area contributed by atoms with E-state index < -0.39 is 5.91 Å². The third-order valence-corrected chi connectivity index (χ3v) is 0. The molecule has 0 aliphatic carbocycles. The van der Waals surface area contributed by atoms with Gasteiger partial charge in [0.1, 0.15) is 0 Å². The molecule has 0 atom stereocenters. The van der Waals surface area contributed by atoms with Crippen molar-refractivity contribution in [1.82, 2.24) is 0 Å². The number of primary amides is 1. The second kappa shape index (κ2) is 87.3. The summed E-state index contributed by atoms with van der Waals surface area (Å²) in [6, 6.07) is 0. The van der Waals surface area contributed by atoms with Crippen LogP contribution in [0.5, 0.6) is 0 Å². The summed E-state index contributed by atoms with van der Waals surface area (Å²) < 4.78 is 0. The molecule has 0 heterocycles. The van der Waals surface area contributed by atoms with Gasteiger partial charge in [-0.25, -0.2) is 0 Å². The van der Waals surface area contributed by atoms with E-state index in [1.54, 1.807) is 0 Å². The molecule has 0 unspecified atom stereocenters. The molecule has 0 rings (SSSR count). The first kappa shape index (κ1) is 72.9. The predicted octanol–water partition coefficient (Wildman–Crippen LogP) is -4.27. The van der Waals surface area contributed by atoms with E-state index in [0.717, 1.165) is 0 Å². The second-order valence-electron chi connectivity index (χ2n) is 0.511. The summed E-state index contributed by atoms with van der Waals surface area (Å²) >= 11 is 0.569. The molecule has 14 N–H and O–H groups in total. The van der Waals surface area contributed by atoms with Gasteiger partial charge in [-0.05, 0) is 0 Å². The Kier molecular flexibility index (Phi) is 490. The molecule has 0 aromatic heterocycles. The van der Waals surface area contributed by atoms with Crippen molar-refractivity contribution in [3.05, 3.63) is 6.92 Å². The number of hydrogen-bond donors (Lipinski definition) is 1. The molecule has 1 amide bonds. The third-order valence-electron chi connectivity index (χ3n) is 0. The molecule has 0 saturated heterocycles. The van der Waals surface area contributed by atoms with Crippen LogP contribution in [0.1, 0.15) is 0 Å². The minimum atomic E-state index is -0.583. The predicted molar refractivity (Wildman–Crippen MR) is 47.9 cm³/mol. The standard InChI is InChI=1S/C2H4NO.2ClH.Ni.6H2O/c1-2(3)4;;;;;;;;;/h1H2,(H2,3,4);2*1H;;6*1H2/q-1;;;+3;;;;;;/p-2. The van der Waals surface area contributed by atoms with E-state index >= 15 is 0 Å². The van der Waals surface area contributed by atoms with Gasteiger partial charge in [0.15, 0.2) is 0 Å². The van der Waals surface area contributed by atoms with Crippen LogP contribution in [0.2, 0.25) is 0 Å². The van der Waals surface area contributed by atoms with Crippen molar-refractivity contribution in [2.75, 3.05) is 0 Å². The average molecular weight is 296 g/mol. The Hall–Kier alpha value is 0.174. The average Bonchev–Trinajstić information content (AvgIpc) is 1.33. The first-order valence-corrected chi connectivity index (χ1v) is 3.80. The Morgan fingerprint density at radius 1 is 1.00 bits per heavy atom. The molecular formula is C2H16Cl2NNiO7. The molecule has 11 heteroatoms. The molecule has 0 bridgehead atoms. The van der Waals surface area contributed by atoms with Crippen LogP contribution < -0.4 is 5.73 Å². The molecule has 13 heavy (non-hydrogen) atoms. The van der Waals surface area contributed by atoms with Crippen molar-refractivity contribution < 1.29 is 50.3 Å². The third kappa shape index (κ3) is 41900. The van der Waals surface area contributed by atoms with Crippen molar-refractivity contribution in [3.8, 4) is 0 Å². The van der Waals surface area contributed by atoms with Crippen molar-refractivity contribution in [1.29, 1.82) is 0 Å². The number of nitrogens with two attached hydrogens (primary N) is 1. The molecule has 95 valence electrons. The van der Waals surface area contributed by atoms with Crippen molar-refractivity contribution >= 4 is 26.3 Å². The summed E-state index contributed by atoms with van der Waals surface area (Å²) in [6.07, 6.45) is 0. The van der Waals surface area contributed by atoms with Gasteiger partial charge in [0, 0.05) is 0 Å². The van der Waals surface area contributed by atoms with E-state index in [0.29, 0.717) is 12.7 Å². The molecule has 0 spiro atoms. The maximum absolute atomic E-state index is 9.11. The minimum absolute atomic E-state index is 0. The Morgan fingerprint density at radius 3 is 1.00 bits per heavy atom. The van der Waals surface area contributed by atoms with Crippen LogP contribution in [-0.4, -0.2) is 38.8 Å². The molecular weight excluding hydrogens is 280 g/mol. The summed E-state index contributed by atoms with van der Waals surface area (Å²) in [5.41, 5.74) is 4.36. The fraction of sp³-hybridized carbons (Fsp3) is 0. The van der Waals surface area contributed by atoms with Crippen molar-refractivity contribution in [2.24, 2.45) is 5.73 Å². The number of rotatable bonds is 0. The van der Waals surface area contributed by atoms with E-state index in [1.807, 2.05) is 0 Å². The van der Waals surface area contributed by atoms with Crippen LogP contribution in [0.4, 0.5) is 0 Å². The van der Waals surface area contributed by atoms with Crippen LogP contribution >= 0.6 is 20.4 Å². The molecule has 0 aliphatic heterocycles. The quantitative estimate of drug-likeness (QED) is 0.339. The number of carbonyl (C=O) groups excluding carboxylic acids is 1. The van der Waals surface area contributed by atoms with Gasteiger partial charge in [-0.1, -0.05) is 0 Å². The van der Waals surface area contributed by atoms with Gasteiger partial charge in [-0.3, -0.25) is 0 Å². The van der Waals surface area contributed by atoms with E-state index in [1.165, 1.54) is 0 Å². The molecule has 0 fully saturated rings. The normalized spacial score (nSPS) is 3.54.